The van der Waals surface area contributed by atoms with Crippen molar-refractivity contribution in [2.45, 2.75) is 6.42 Å². The summed E-state index contributed by atoms with van der Waals surface area (Å²) in [4.78, 5) is 35.3. The van der Waals surface area contributed by atoms with Gasteiger partial charge in [-0.15, -0.1) is 0 Å². The second-order valence-electron chi connectivity index (χ2n) is 4.40. The Labute approximate surface area is 121 Å². The molecule has 20 heavy (non-hydrogen) atoms. The summed E-state index contributed by atoms with van der Waals surface area (Å²) in [5, 5.41) is 9.09. The molecule has 8 heteroatoms. The summed E-state index contributed by atoms with van der Waals surface area (Å²) in [6.45, 7) is -0.00742. The molecular weight excluding hydrogens is 335 g/mol. The summed E-state index contributed by atoms with van der Waals surface area (Å²) < 4.78 is 13.5. The van der Waals surface area contributed by atoms with Gasteiger partial charge in [-0.1, -0.05) is 0 Å². The number of nitrogens with two attached hydrogens (primary N) is 1. The minimum absolute atomic E-state index is 0.00742. The molecule has 1 unspecified atom stereocenters. The topological polar surface area (TPSA) is 101 Å². The Bertz CT molecular complexity index is 620. The first-order valence-corrected chi connectivity index (χ1v) is 6.42. The number of aromatic carboxylic acids is 1. The molecule has 1 saturated heterocycles. The number of carbonyl (C=O) groups is 3. The number of primary amides is 1. The average molecular weight is 345 g/mol. The molecule has 0 spiro atoms. The minimum Gasteiger partial charge on any atom is -0.478 e. The first kappa shape index (κ1) is 14.4. The highest BCUT2D eigenvalue weighted by Gasteiger charge is 2.36. The number of nitrogens with zero attached hydrogens (tertiary/aromatic N) is 1. The lowest BCUT2D eigenvalue weighted by atomic mass is 10.1. The summed E-state index contributed by atoms with van der Waals surface area (Å²) in [7, 11) is 0. The Hall–Kier alpha value is -1.96. The van der Waals surface area contributed by atoms with Crippen LogP contribution in [0.1, 0.15) is 16.8 Å². The van der Waals surface area contributed by atoms with E-state index >= 15 is 0 Å². The van der Waals surface area contributed by atoms with Crippen molar-refractivity contribution in [1.29, 1.82) is 0 Å². The molecule has 1 fully saturated rings. The molecule has 1 heterocycles. The van der Waals surface area contributed by atoms with Gasteiger partial charge in [0.25, 0.3) is 0 Å². The average Bonchev–Trinajstić information content (AvgIpc) is 2.74. The first-order valence-electron chi connectivity index (χ1n) is 5.63. The van der Waals surface area contributed by atoms with Crippen LogP contribution >= 0.6 is 15.9 Å². The van der Waals surface area contributed by atoms with Crippen LogP contribution in [0.5, 0.6) is 0 Å². The van der Waals surface area contributed by atoms with Gasteiger partial charge in [0.05, 0.1) is 21.6 Å². The van der Waals surface area contributed by atoms with E-state index in [1.807, 2.05) is 0 Å². The van der Waals surface area contributed by atoms with E-state index in [0.29, 0.717) is 0 Å². The van der Waals surface area contributed by atoms with Crippen LogP contribution in [0.15, 0.2) is 16.6 Å². The number of halogens is 2. The van der Waals surface area contributed by atoms with E-state index < -0.39 is 29.5 Å². The third kappa shape index (κ3) is 2.51. The summed E-state index contributed by atoms with van der Waals surface area (Å²) in [5.74, 6) is -3.83. The first-order chi connectivity index (χ1) is 9.31. The molecule has 0 aliphatic carbocycles. The fraction of sp³-hybridized carbons (Fsp3) is 0.250. The van der Waals surface area contributed by atoms with Gasteiger partial charge >= 0.3 is 5.97 Å². The van der Waals surface area contributed by atoms with Crippen LogP contribution in [0.25, 0.3) is 0 Å². The van der Waals surface area contributed by atoms with E-state index in [2.05, 4.69) is 15.9 Å². The Morgan fingerprint density at radius 2 is 2.10 bits per heavy atom. The van der Waals surface area contributed by atoms with Crippen molar-refractivity contribution in [3.8, 4) is 0 Å². The zero-order valence-corrected chi connectivity index (χ0v) is 11.7. The maximum Gasteiger partial charge on any atom is 0.337 e. The predicted octanol–water partition coefficient (Wildman–Crippen LogP) is 1.12. The molecule has 1 atom stereocenters. The standard InChI is InChI=1S/C12H10BrFN2O4/c13-7-3-9(6(12(19)20)2-8(7)14)16-4-5(11(15)18)1-10(16)17/h2-3,5H,1,4H2,(H2,15,18)(H,19,20). The molecule has 1 aromatic rings. The van der Waals surface area contributed by atoms with Crippen LogP contribution in [0.3, 0.4) is 0 Å². The second-order valence-corrected chi connectivity index (χ2v) is 5.25. The second kappa shape index (κ2) is 5.20. The van der Waals surface area contributed by atoms with Crippen molar-refractivity contribution in [3.05, 3.63) is 28.0 Å². The van der Waals surface area contributed by atoms with Crippen molar-refractivity contribution in [2.75, 3.05) is 11.4 Å². The predicted molar refractivity (Wildman–Crippen MR) is 70.7 cm³/mol. The fourth-order valence-corrected chi connectivity index (χ4v) is 2.39. The van der Waals surface area contributed by atoms with E-state index in [1.54, 1.807) is 0 Å². The lowest BCUT2D eigenvalue weighted by molar-refractivity contribution is -0.123. The molecule has 2 rings (SSSR count). The molecule has 6 nitrogen and oxygen atoms in total. The van der Waals surface area contributed by atoms with Crippen LogP contribution in [0.2, 0.25) is 0 Å². The van der Waals surface area contributed by atoms with Gasteiger partial charge in [-0.05, 0) is 28.1 Å². The van der Waals surface area contributed by atoms with Gasteiger partial charge < -0.3 is 15.7 Å². The third-order valence-corrected chi connectivity index (χ3v) is 3.69. The van der Waals surface area contributed by atoms with Crippen LogP contribution in [-0.4, -0.2) is 29.4 Å². The fourth-order valence-electron chi connectivity index (χ4n) is 2.06. The van der Waals surface area contributed by atoms with Crippen molar-refractivity contribution in [2.24, 2.45) is 11.7 Å². The van der Waals surface area contributed by atoms with E-state index in [4.69, 9.17) is 10.8 Å². The van der Waals surface area contributed by atoms with Gasteiger partial charge in [-0.3, -0.25) is 9.59 Å². The Morgan fingerprint density at radius 3 is 2.60 bits per heavy atom. The maximum atomic E-state index is 13.4. The highest BCUT2D eigenvalue weighted by atomic mass is 79.9. The van der Waals surface area contributed by atoms with Gasteiger partial charge in [-0.2, -0.15) is 0 Å². The molecule has 1 aromatic carbocycles. The molecule has 3 N–H and O–H groups in total. The molecule has 0 bridgehead atoms. The quantitative estimate of drug-likeness (QED) is 0.857. The maximum absolute atomic E-state index is 13.4. The third-order valence-electron chi connectivity index (χ3n) is 3.09. The van der Waals surface area contributed by atoms with Crippen molar-refractivity contribution >= 4 is 39.4 Å². The van der Waals surface area contributed by atoms with Gasteiger partial charge in [0.2, 0.25) is 11.8 Å². The lowest BCUT2D eigenvalue weighted by Gasteiger charge is -2.19. The van der Waals surface area contributed by atoms with Crippen LogP contribution in [-0.2, 0) is 9.59 Å². The zero-order chi connectivity index (χ0) is 15.0. The smallest absolute Gasteiger partial charge is 0.337 e. The van der Waals surface area contributed by atoms with Gasteiger partial charge in [0, 0.05) is 13.0 Å². The molecule has 1 aliphatic heterocycles. The van der Waals surface area contributed by atoms with Crippen LogP contribution in [0, 0.1) is 11.7 Å². The summed E-state index contributed by atoms with van der Waals surface area (Å²) in [6.07, 6.45) is -0.0800. The largest absolute Gasteiger partial charge is 0.478 e. The Morgan fingerprint density at radius 1 is 1.45 bits per heavy atom. The van der Waals surface area contributed by atoms with Gasteiger partial charge in [-0.25, -0.2) is 9.18 Å². The SMILES string of the molecule is NC(=O)C1CC(=O)N(c2cc(Br)c(F)cc2C(=O)O)C1. The molecular formula is C12H10BrFN2O4. The number of anilines is 1. The molecule has 0 radical (unpaired) electrons. The van der Waals surface area contributed by atoms with Crippen molar-refractivity contribution in [1.82, 2.24) is 0 Å². The zero-order valence-electron chi connectivity index (χ0n) is 10.1. The number of hydrogen-bond donors (Lipinski definition) is 2. The minimum atomic E-state index is -1.36. The number of rotatable bonds is 3. The highest BCUT2D eigenvalue weighted by Crippen LogP contribution is 2.32. The van der Waals surface area contributed by atoms with Crippen LogP contribution in [0.4, 0.5) is 10.1 Å². The van der Waals surface area contributed by atoms with E-state index in [0.717, 1.165) is 11.0 Å². The Balaban J connectivity index is 2.47. The van der Waals surface area contributed by atoms with E-state index in [9.17, 15) is 18.8 Å². The number of amides is 2. The number of carboxylic acids is 1. The monoisotopic (exact) mass is 344 g/mol. The molecule has 2 amide bonds. The molecule has 106 valence electrons. The Kier molecular flexibility index (Phi) is 3.76. The highest BCUT2D eigenvalue weighted by molar-refractivity contribution is 9.10. The molecule has 1 aliphatic rings. The number of carbonyl (C=O) groups excluding carboxylic acids is 2. The number of hydrogen-bond acceptors (Lipinski definition) is 3. The number of benzene rings is 1. The summed E-state index contributed by atoms with van der Waals surface area (Å²) in [5.41, 5.74) is 4.85. The summed E-state index contributed by atoms with van der Waals surface area (Å²) >= 11 is 2.94. The number of carboxylic acid groups (broad SMARTS) is 1. The van der Waals surface area contributed by atoms with Gasteiger partial charge in [0.15, 0.2) is 0 Å². The summed E-state index contributed by atoms with van der Waals surface area (Å²) in [6, 6.07) is 2.03. The van der Waals surface area contributed by atoms with Crippen LogP contribution < -0.4 is 10.6 Å². The van der Waals surface area contributed by atoms with Crippen molar-refractivity contribution < 1.29 is 23.9 Å². The van der Waals surface area contributed by atoms with E-state index in [1.165, 1.54) is 6.07 Å². The van der Waals surface area contributed by atoms with Crippen molar-refractivity contribution in [3.63, 3.8) is 0 Å². The van der Waals surface area contributed by atoms with Gasteiger partial charge in [0.1, 0.15) is 5.82 Å². The lowest BCUT2D eigenvalue weighted by Crippen LogP contribution is -2.29. The van der Waals surface area contributed by atoms with E-state index in [-0.39, 0.29) is 28.7 Å². The molecule has 0 saturated carbocycles. The normalized spacial score (nSPS) is 18.4. The molecule has 0 aromatic heterocycles.